The first-order valence-electron chi connectivity index (χ1n) is 6.03. The molecule has 1 rings (SSSR count). The van der Waals surface area contributed by atoms with Crippen molar-refractivity contribution in [3.05, 3.63) is 39.2 Å². The number of hydrogen-bond donors (Lipinski definition) is 2. The Bertz CT molecular complexity index is 554. The van der Waals surface area contributed by atoms with E-state index in [1.807, 2.05) is 6.92 Å². The van der Waals surface area contributed by atoms with Crippen molar-refractivity contribution in [2.45, 2.75) is 6.92 Å². The van der Waals surface area contributed by atoms with Gasteiger partial charge in [-0.2, -0.15) is 0 Å². The van der Waals surface area contributed by atoms with Crippen LogP contribution in [-0.4, -0.2) is 30.4 Å². The number of carbonyl (C=O) groups is 1. The molecular formula is C13H18BrN3O3. The fourth-order valence-electron chi connectivity index (χ4n) is 1.41. The maximum Gasteiger partial charge on any atom is 0.319 e. The van der Waals surface area contributed by atoms with E-state index in [1.54, 1.807) is 19.3 Å². The molecule has 0 radical (unpaired) electrons. The molecule has 0 aliphatic carbocycles. The molecule has 0 saturated carbocycles. The van der Waals surface area contributed by atoms with Crippen LogP contribution < -0.4 is 16.2 Å². The average molecular weight is 344 g/mol. The lowest BCUT2D eigenvalue weighted by Gasteiger charge is -2.09. The van der Waals surface area contributed by atoms with Gasteiger partial charge in [-0.05, 0) is 28.9 Å². The van der Waals surface area contributed by atoms with Crippen LogP contribution in [0, 0.1) is 0 Å². The molecule has 7 heteroatoms. The van der Waals surface area contributed by atoms with Gasteiger partial charge in [-0.25, -0.2) is 4.79 Å². The molecule has 1 aromatic heterocycles. The molecule has 0 saturated heterocycles. The van der Waals surface area contributed by atoms with Crippen molar-refractivity contribution in [3.63, 3.8) is 0 Å². The Kier molecular flexibility index (Phi) is 6.47. The van der Waals surface area contributed by atoms with Crippen molar-refractivity contribution < 1.29 is 9.53 Å². The van der Waals surface area contributed by atoms with Gasteiger partial charge >= 0.3 is 6.03 Å². The topological polar surface area (TPSA) is 72.4 Å². The number of halogens is 1. The number of rotatable bonds is 6. The summed E-state index contributed by atoms with van der Waals surface area (Å²) in [5.74, 6) is 0. The number of hydrogen-bond acceptors (Lipinski definition) is 3. The van der Waals surface area contributed by atoms with Crippen LogP contribution in [0.15, 0.2) is 33.7 Å². The number of nitrogens with zero attached hydrogens (tertiary/aromatic N) is 1. The number of aromatic nitrogens is 1. The number of urea groups is 1. The maximum atomic E-state index is 11.8. The minimum atomic E-state index is -0.445. The largest absolute Gasteiger partial charge is 0.375 e. The summed E-state index contributed by atoms with van der Waals surface area (Å²) < 4.78 is 7.33. The third kappa shape index (κ3) is 5.58. The SMILES string of the molecule is C=C(C)COCCNC(=O)Nc1cc(Br)cn(C)c1=O. The molecule has 0 atom stereocenters. The first kappa shape index (κ1) is 16.5. The molecule has 0 aliphatic rings. The van der Waals surface area contributed by atoms with Gasteiger partial charge < -0.3 is 19.9 Å². The summed E-state index contributed by atoms with van der Waals surface area (Å²) in [6.07, 6.45) is 1.62. The van der Waals surface area contributed by atoms with Crippen LogP contribution in [0.3, 0.4) is 0 Å². The molecule has 2 N–H and O–H groups in total. The molecule has 1 aromatic rings. The minimum absolute atomic E-state index is 0.210. The average Bonchev–Trinajstić information content (AvgIpc) is 2.34. The number of ether oxygens (including phenoxy) is 1. The molecule has 110 valence electrons. The van der Waals surface area contributed by atoms with Crippen LogP contribution in [0.25, 0.3) is 0 Å². The molecule has 20 heavy (non-hydrogen) atoms. The van der Waals surface area contributed by atoms with Gasteiger partial charge in [0.1, 0.15) is 5.69 Å². The normalized spacial score (nSPS) is 10.2. The van der Waals surface area contributed by atoms with E-state index in [0.29, 0.717) is 24.2 Å². The number of aryl methyl sites for hydroxylation is 1. The zero-order chi connectivity index (χ0) is 15.1. The highest BCUT2D eigenvalue weighted by molar-refractivity contribution is 9.10. The van der Waals surface area contributed by atoms with Crippen LogP contribution in [0.5, 0.6) is 0 Å². The zero-order valence-corrected chi connectivity index (χ0v) is 13.1. The Hall–Kier alpha value is -1.60. The molecule has 0 aliphatic heterocycles. The van der Waals surface area contributed by atoms with Crippen molar-refractivity contribution in [1.82, 2.24) is 9.88 Å². The lowest BCUT2D eigenvalue weighted by molar-refractivity contribution is 0.159. The number of anilines is 1. The highest BCUT2D eigenvalue weighted by Gasteiger charge is 2.07. The van der Waals surface area contributed by atoms with Gasteiger partial charge in [-0.15, -0.1) is 0 Å². The van der Waals surface area contributed by atoms with Gasteiger partial charge in [0.2, 0.25) is 0 Å². The van der Waals surface area contributed by atoms with Gasteiger partial charge in [-0.3, -0.25) is 4.79 Å². The molecule has 0 unspecified atom stereocenters. The van der Waals surface area contributed by atoms with Crippen molar-refractivity contribution in [3.8, 4) is 0 Å². The van der Waals surface area contributed by atoms with Gasteiger partial charge in [0.15, 0.2) is 0 Å². The summed E-state index contributed by atoms with van der Waals surface area (Å²) >= 11 is 3.26. The lowest BCUT2D eigenvalue weighted by Crippen LogP contribution is -2.34. The van der Waals surface area contributed by atoms with E-state index in [4.69, 9.17) is 4.74 Å². The van der Waals surface area contributed by atoms with Crippen LogP contribution in [0.1, 0.15) is 6.92 Å². The highest BCUT2D eigenvalue weighted by Crippen LogP contribution is 2.11. The number of carbonyl (C=O) groups excluding carboxylic acids is 1. The van der Waals surface area contributed by atoms with Crippen molar-refractivity contribution in [2.75, 3.05) is 25.1 Å². The van der Waals surface area contributed by atoms with Crippen LogP contribution in [0.4, 0.5) is 10.5 Å². The van der Waals surface area contributed by atoms with Crippen molar-refractivity contribution in [1.29, 1.82) is 0 Å². The van der Waals surface area contributed by atoms with Gasteiger partial charge in [0.05, 0.1) is 13.2 Å². The second-order valence-corrected chi connectivity index (χ2v) is 5.29. The molecule has 0 aromatic carbocycles. The molecule has 0 bridgehead atoms. The summed E-state index contributed by atoms with van der Waals surface area (Å²) in [4.78, 5) is 23.4. The lowest BCUT2D eigenvalue weighted by atomic mass is 10.4. The quantitative estimate of drug-likeness (QED) is 0.611. The van der Waals surface area contributed by atoms with Gasteiger partial charge in [0.25, 0.3) is 5.56 Å². The molecular weight excluding hydrogens is 326 g/mol. The Morgan fingerprint density at radius 3 is 2.90 bits per heavy atom. The van der Waals surface area contributed by atoms with E-state index in [2.05, 4.69) is 33.1 Å². The molecule has 0 spiro atoms. The van der Waals surface area contributed by atoms with Crippen LogP contribution >= 0.6 is 15.9 Å². The Morgan fingerprint density at radius 2 is 2.25 bits per heavy atom. The zero-order valence-electron chi connectivity index (χ0n) is 11.5. The van der Waals surface area contributed by atoms with E-state index in [9.17, 15) is 9.59 Å². The number of pyridine rings is 1. The predicted octanol–water partition coefficient (Wildman–Crippen LogP) is 1.86. The molecule has 0 fully saturated rings. The predicted molar refractivity (Wildman–Crippen MR) is 82.0 cm³/mol. The first-order chi connectivity index (χ1) is 9.40. The summed E-state index contributed by atoms with van der Waals surface area (Å²) in [7, 11) is 1.61. The summed E-state index contributed by atoms with van der Waals surface area (Å²) in [5.41, 5.74) is 0.858. The van der Waals surface area contributed by atoms with E-state index in [0.717, 1.165) is 5.57 Å². The van der Waals surface area contributed by atoms with Gasteiger partial charge in [-0.1, -0.05) is 12.2 Å². The smallest absolute Gasteiger partial charge is 0.319 e. The minimum Gasteiger partial charge on any atom is -0.375 e. The molecule has 1 heterocycles. The highest BCUT2D eigenvalue weighted by atomic mass is 79.9. The number of amides is 2. The summed E-state index contributed by atoms with van der Waals surface area (Å²) in [5, 5.41) is 5.11. The standard InChI is InChI=1S/C13H18BrN3O3/c1-9(2)8-20-5-4-15-13(19)16-11-6-10(14)7-17(3)12(11)18/h6-7H,1,4-5,8H2,2-3H3,(H2,15,16,19). The second kappa shape index (κ2) is 7.86. The summed E-state index contributed by atoms with van der Waals surface area (Å²) in [6, 6.07) is 1.11. The monoisotopic (exact) mass is 343 g/mol. The van der Waals surface area contributed by atoms with Crippen molar-refractivity contribution >= 4 is 27.6 Å². The molecule has 6 nitrogen and oxygen atoms in total. The fourth-order valence-corrected chi connectivity index (χ4v) is 1.95. The maximum absolute atomic E-state index is 11.8. The molecule has 2 amide bonds. The Morgan fingerprint density at radius 1 is 1.55 bits per heavy atom. The first-order valence-corrected chi connectivity index (χ1v) is 6.82. The van der Waals surface area contributed by atoms with E-state index in [-0.39, 0.29) is 11.2 Å². The third-order valence-corrected chi connectivity index (χ3v) is 2.71. The Labute approximate surface area is 125 Å². The van der Waals surface area contributed by atoms with E-state index < -0.39 is 6.03 Å². The van der Waals surface area contributed by atoms with Crippen LogP contribution in [-0.2, 0) is 11.8 Å². The van der Waals surface area contributed by atoms with E-state index >= 15 is 0 Å². The van der Waals surface area contributed by atoms with E-state index in [1.165, 1.54) is 4.57 Å². The summed E-state index contributed by atoms with van der Waals surface area (Å²) in [6.45, 7) is 6.78. The fraction of sp³-hybridized carbons (Fsp3) is 0.385. The Balaban J connectivity index is 2.43. The van der Waals surface area contributed by atoms with Crippen molar-refractivity contribution in [2.24, 2.45) is 7.05 Å². The second-order valence-electron chi connectivity index (χ2n) is 4.38. The van der Waals surface area contributed by atoms with Gasteiger partial charge in [0, 0.05) is 24.3 Å². The third-order valence-electron chi connectivity index (χ3n) is 2.28. The van der Waals surface area contributed by atoms with Crippen LogP contribution in [0.2, 0.25) is 0 Å². The number of nitrogens with one attached hydrogen (secondary N) is 2.